The van der Waals surface area contributed by atoms with Gasteiger partial charge in [-0.25, -0.2) is 4.79 Å². The Morgan fingerprint density at radius 3 is 2.38 bits per heavy atom. The van der Waals surface area contributed by atoms with E-state index in [1.54, 1.807) is 30.3 Å². The maximum atomic E-state index is 12.7. The highest BCUT2D eigenvalue weighted by molar-refractivity contribution is 7.99. The average Bonchev–Trinajstić information content (AvgIpc) is 2.80. The number of carbonyl (C=O) groups excluding carboxylic acids is 3. The fraction of sp³-hybridized carbons (Fsp3) is 0.174. The number of aryl methyl sites for hydroxylation is 1. The lowest BCUT2D eigenvalue weighted by Gasteiger charge is -2.25. The fourth-order valence-corrected chi connectivity index (χ4v) is 4.66. The molecule has 0 N–H and O–H groups in total. The van der Waals surface area contributed by atoms with Crippen molar-refractivity contribution >= 4 is 52.4 Å². The molecule has 0 saturated carbocycles. The minimum atomic E-state index is -4.78. The van der Waals surface area contributed by atoms with Crippen LogP contribution in [0.15, 0.2) is 59.5 Å². The predicted molar refractivity (Wildman–Crippen MR) is 121 cm³/mol. The number of esters is 1. The Morgan fingerprint density at radius 1 is 0.971 bits per heavy atom. The molecule has 0 spiro atoms. The molecule has 4 rings (SSSR count). The molecule has 0 aliphatic carbocycles. The van der Waals surface area contributed by atoms with E-state index in [4.69, 9.17) is 4.74 Å². The predicted octanol–water partition coefficient (Wildman–Crippen LogP) is 5.79. The molecule has 11 heteroatoms. The molecule has 1 aliphatic rings. The van der Waals surface area contributed by atoms with Gasteiger partial charge in [0, 0.05) is 16.0 Å². The molecule has 0 bridgehead atoms. The Morgan fingerprint density at radius 2 is 1.68 bits per heavy atom. The van der Waals surface area contributed by atoms with Crippen LogP contribution in [-0.2, 0) is 9.02 Å². The normalized spacial score (nSPS) is 13.5. The summed E-state index contributed by atoms with van der Waals surface area (Å²) in [4.78, 5) is 38.3. The first-order valence-corrected chi connectivity index (χ1v) is 11.6. The molecule has 1 aliphatic heterocycles. The number of hydrogen-bond donors (Lipinski definition) is 0. The Balaban J connectivity index is 1.50. The highest BCUT2D eigenvalue weighted by Gasteiger charge is 2.39. The van der Waals surface area contributed by atoms with E-state index in [0.717, 1.165) is 10.5 Å². The van der Waals surface area contributed by atoms with Crippen molar-refractivity contribution < 1.29 is 36.6 Å². The largest absolute Gasteiger partial charge is 0.470 e. The lowest BCUT2D eigenvalue weighted by atomic mass is 9.95. The highest BCUT2D eigenvalue weighted by Crippen LogP contribution is 2.38. The lowest BCUT2D eigenvalue weighted by Crippen LogP contribution is -2.39. The number of ether oxygens (including phenoxy) is 1. The molecule has 0 aromatic heterocycles. The molecule has 0 radical (unpaired) electrons. The van der Waals surface area contributed by atoms with Crippen LogP contribution >= 0.6 is 23.8 Å². The van der Waals surface area contributed by atoms with Crippen molar-refractivity contribution in [3.05, 3.63) is 76.9 Å². The first kappa shape index (κ1) is 24.1. The van der Waals surface area contributed by atoms with Crippen molar-refractivity contribution in [2.24, 2.45) is 0 Å². The summed E-state index contributed by atoms with van der Waals surface area (Å²) in [5.41, 5.74) is -3.37. The Hall–Kier alpha value is -3.02. The minimum Gasteiger partial charge on any atom is -0.461 e. The first-order valence-electron chi connectivity index (χ1n) is 9.90. The molecular weight excluding hydrogens is 491 g/mol. The van der Waals surface area contributed by atoms with Crippen LogP contribution in [0.2, 0.25) is 0 Å². The molecule has 3 aromatic carbocycles. The summed E-state index contributed by atoms with van der Waals surface area (Å²) in [7, 11) is 0. The summed E-state index contributed by atoms with van der Waals surface area (Å²) in [5.74, 6) is -1.97. The monoisotopic (exact) mass is 507 g/mol. The van der Waals surface area contributed by atoms with Gasteiger partial charge >= 0.3 is 11.5 Å². The van der Waals surface area contributed by atoms with Crippen molar-refractivity contribution in [3.8, 4) is 0 Å². The zero-order valence-electron chi connectivity index (χ0n) is 17.5. The van der Waals surface area contributed by atoms with Gasteiger partial charge in [0.25, 0.3) is 11.8 Å². The Labute approximate surface area is 200 Å². The van der Waals surface area contributed by atoms with E-state index in [1.165, 1.54) is 23.9 Å². The average molecular weight is 508 g/mol. The summed E-state index contributed by atoms with van der Waals surface area (Å²) < 4.78 is 47.3. The van der Waals surface area contributed by atoms with Crippen molar-refractivity contribution in [2.45, 2.75) is 17.3 Å². The van der Waals surface area contributed by atoms with Gasteiger partial charge < -0.3 is 4.74 Å². The van der Waals surface area contributed by atoms with E-state index < -0.39 is 35.3 Å². The third-order valence-corrected chi connectivity index (χ3v) is 6.43. The molecular formula is C23H16F3NO5S2. The molecule has 0 fully saturated rings. The third-order valence-electron chi connectivity index (χ3n) is 4.98. The first-order chi connectivity index (χ1) is 16.2. The van der Waals surface area contributed by atoms with E-state index in [0.29, 0.717) is 22.1 Å². The molecule has 3 aromatic rings. The van der Waals surface area contributed by atoms with Gasteiger partial charge in [-0.2, -0.15) is 17.5 Å². The van der Waals surface area contributed by atoms with Crippen LogP contribution in [0, 0.1) is 6.92 Å². The fourth-order valence-electron chi connectivity index (χ4n) is 3.49. The van der Waals surface area contributed by atoms with Gasteiger partial charge in [-0.1, -0.05) is 30.3 Å². The highest BCUT2D eigenvalue weighted by atomic mass is 32.2. The third kappa shape index (κ3) is 4.91. The standard InChI is InChI=1S/C23H16F3NO5S2/c1-13-5-2-3-6-14(13)22(30)31-11-12-33-18-10-9-17-19-15(18)7-4-8-16(19)20(28)27(21(17)29)32-34-23(24,25)26/h2-10H,11-12H2,1H3. The van der Waals surface area contributed by atoms with E-state index >= 15 is 0 Å². The van der Waals surface area contributed by atoms with Crippen molar-refractivity contribution in [2.75, 3.05) is 12.4 Å². The molecule has 176 valence electrons. The zero-order chi connectivity index (χ0) is 24.5. The number of hydroxylamine groups is 2. The topological polar surface area (TPSA) is 72.9 Å². The number of benzene rings is 3. The number of rotatable bonds is 7. The zero-order valence-corrected chi connectivity index (χ0v) is 19.2. The molecule has 34 heavy (non-hydrogen) atoms. The molecule has 1 heterocycles. The van der Waals surface area contributed by atoms with Gasteiger partial charge in [0.2, 0.25) is 0 Å². The van der Waals surface area contributed by atoms with Gasteiger partial charge in [-0.05, 0) is 42.1 Å². The Bertz CT molecular complexity index is 1270. The van der Waals surface area contributed by atoms with Crippen LogP contribution in [0.3, 0.4) is 0 Å². The summed E-state index contributed by atoms with van der Waals surface area (Å²) in [6.45, 7) is 1.95. The molecule has 2 amide bonds. The lowest BCUT2D eigenvalue weighted by molar-refractivity contribution is -0.0570. The van der Waals surface area contributed by atoms with Crippen LogP contribution in [0.1, 0.15) is 36.6 Å². The smallest absolute Gasteiger partial charge is 0.461 e. The maximum Gasteiger partial charge on any atom is 0.470 e. The molecule has 0 unspecified atom stereocenters. The van der Waals surface area contributed by atoms with Crippen LogP contribution in [-0.4, -0.2) is 40.7 Å². The van der Waals surface area contributed by atoms with Gasteiger partial charge in [0.1, 0.15) is 18.6 Å². The van der Waals surface area contributed by atoms with Crippen LogP contribution in [0.4, 0.5) is 13.2 Å². The number of amides is 2. The number of halogens is 3. The number of alkyl halides is 3. The molecule has 0 saturated heterocycles. The summed E-state index contributed by atoms with van der Waals surface area (Å²) in [6.07, 6.45) is 0. The SMILES string of the molecule is Cc1ccccc1C(=O)OCCSc1ccc2c3c(cccc13)C(=O)N(OSC(F)(F)F)C2=O. The summed E-state index contributed by atoms with van der Waals surface area (Å²) in [5, 5.41) is 1.05. The van der Waals surface area contributed by atoms with Gasteiger partial charge in [0.05, 0.1) is 16.7 Å². The second-order valence-electron chi connectivity index (χ2n) is 7.15. The second kappa shape index (κ2) is 9.69. The number of hydrogen-bond acceptors (Lipinski definition) is 7. The summed E-state index contributed by atoms with van der Waals surface area (Å²) >= 11 is 0.431. The van der Waals surface area contributed by atoms with Gasteiger partial charge in [0.15, 0.2) is 0 Å². The number of thioether (sulfide) groups is 1. The van der Waals surface area contributed by atoms with Crippen molar-refractivity contribution in [3.63, 3.8) is 0 Å². The van der Waals surface area contributed by atoms with Crippen LogP contribution < -0.4 is 0 Å². The maximum absolute atomic E-state index is 12.7. The van der Waals surface area contributed by atoms with Crippen LogP contribution in [0.25, 0.3) is 10.8 Å². The molecule has 0 atom stereocenters. The minimum absolute atomic E-state index is 0.0586. The Kier molecular flexibility index (Phi) is 6.87. The number of nitrogens with zero attached hydrogens (tertiary/aromatic N) is 1. The van der Waals surface area contributed by atoms with Crippen molar-refractivity contribution in [1.29, 1.82) is 0 Å². The van der Waals surface area contributed by atoms with Gasteiger partial charge in [-0.15, -0.1) is 16.8 Å². The van der Waals surface area contributed by atoms with E-state index in [-0.39, 0.29) is 22.8 Å². The van der Waals surface area contributed by atoms with Crippen LogP contribution in [0.5, 0.6) is 0 Å². The quantitative estimate of drug-likeness (QED) is 0.132. The summed E-state index contributed by atoms with van der Waals surface area (Å²) in [6, 6.07) is 14.9. The molecule has 6 nitrogen and oxygen atoms in total. The van der Waals surface area contributed by atoms with E-state index in [9.17, 15) is 27.6 Å². The number of imide groups is 1. The van der Waals surface area contributed by atoms with E-state index in [2.05, 4.69) is 4.28 Å². The second-order valence-corrected chi connectivity index (χ2v) is 9.06. The van der Waals surface area contributed by atoms with E-state index in [1.807, 2.05) is 19.1 Å². The number of carbonyl (C=O) groups is 3. The van der Waals surface area contributed by atoms with Gasteiger partial charge in [-0.3, -0.25) is 9.59 Å². The van der Waals surface area contributed by atoms with Crippen molar-refractivity contribution in [1.82, 2.24) is 5.06 Å².